The molecular weight excluding hydrogens is 441 g/mol. The number of hydrogen-bond donors (Lipinski definition) is 1. The van der Waals surface area contributed by atoms with Crippen molar-refractivity contribution >= 4 is 18.0 Å². The SMILES string of the molecule is C[C@H](OC(=O)C(C)(C)C)C1[C@H]2CC(CC[C@@H]2NC(=O)OC(C)(C)C)CN1C(=O)CC(F)(F)F. The van der Waals surface area contributed by atoms with Crippen LogP contribution in [0.15, 0.2) is 0 Å². The summed E-state index contributed by atoms with van der Waals surface area (Å²) in [6.07, 6.45) is -5.82. The number of piperidine rings is 1. The molecule has 0 spiro atoms. The first-order valence-corrected chi connectivity index (χ1v) is 11.4. The standard InChI is InChI=1S/C23H37F3N2O5/c1-13(32-19(30)21(2,3)4)18-15-10-14(12-28(18)17(29)11-23(24,25)26)8-9-16(15)27-20(31)33-22(5,6)7/h13-16,18H,8-12H2,1-7H3,(H,27,31)/t13-,14?,15-,16-,18?/m0/s1. The molecule has 2 unspecified atom stereocenters. The molecule has 1 aliphatic heterocycles. The van der Waals surface area contributed by atoms with Crippen LogP contribution in [0.4, 0.5) is 18.0 Å². The van der Waals surface area contributed by atoms with E-state index in [2.05, 4.69) is 5.32 Å². The number of carbonyl (C=O) groups is 3. The molecule has 190 valence electrons. The molecule has 2 rings (SSSR count). The van der Waals surface area contributed by atoms with E-state index < -0.39 is 59.8 Å². The number of nitrogens with zero attached hydrogens (tertiary/aromatic N) is 1. The first-order valence-electron chi connectivity index (χ1n) is 11.4. The van der Waals surface area contributed by atoms with E-state index in [1.165, 1.54) is 4.90 Å². The van der Waals surface area contributed by atoms with Crippen molar-refractivity contribution in [3.05, 3.63) is 0 Å². The van der Waals surface area contributed by atoms with Gasteiger partial charge in [-0.25, -0.2) is 4.79 Å². The number of hydrogen-bond acceptors (Lipinski definition) is 5. The Morgan fingerprint density at radius 2 is 1.67 bits per heavy atom. The zero-order chi connectivity index (χ0) is 25.4. The number of rotatable bonds is 4. The van der Waals surface area contributed by atoms with Gasteiger partial charge in [0.25, 0.3) is 0 Å². The molecule has 5 atom stereocenters. The molecule has 0 radical (unpaired) electrons. The van der Waals surface area contributed by atoms with Crippen molar-refractivity contribution in [2.24, 2.45) is 17.3 Å². The summed E-state index contributed by atoms with van der Waals surface area (Å²) in [5, 5.41) is 2.85. The van der Waals surface area contributed by atoms with E-state index in [1.807, 2.05) is 0 Å². The number of alkyl carbamates (subject to hydrolysis) is 1. The van der Waals surface area contributed by atoms with Crippen molar-refractivity contribution < 1.29 is 37.0 Å². The summed E-state index contributed by atoms with van der Waals surface area (Å²) in [4.78, 5) is 38.9. The molecule has 2 amide bonds. The van der Waals surface area contributed by atoms with E-state index in [1.54, 1.807) is 48.5 Å². The summed E-state index contributed by atoms with van der Waals surface area (Å²) in [6, 6.07) is -1.21. The van der Waals surface area contributed by atoms with Gasteiger partial charge in [-0.1, -0.05) is 0 Å². The number of halogens is 3. The largest absolute Gasteiger partial charge is 0.460 e. The first kappa shape index (κ1) is 27.2. The fourth-order valence-electron chi connectivity index (χ4n) is 4.67. The van der Waals surface area contributed by atoms with E-state index in [-0.39, 0.29) is 18.4 Å². The van der Waals surface area contributed by atoms with Gasteiger partial charge in [-0.3, -0.25) is 9.59 Å². The van der Waals surface area contributed by atoms with Gasteiger partial charge in [0.05, 0.1) is 11.5 Å². The number of alkyl halides is 3. The summed E-state index contributed by atoms with van der Waals surface area (Å²) in [7, 11) is 0. The summed E-state index contributed by atoms with van der Waals surface area (Å²) in [6.45, 7) is 12.0. The molecule has 1 saturated carbocycles. The number of carbonyl (C=O) groups excluding carboxylic acids is 3. The minimum absolute atomic E-state index is 0.0191. The highest BCUT2D eigenvalue weighted by atomic mass is 19.4. The zero-order valence-electron chi connectivity index (χ0n) is 20.5. The van der Waals surface area contributed by atoms with Crippen molar-refractivity contribution in [3.63, 3.8) is 0 Å². The Bertz CT molecular complexity index is 742. The van der Waals surface area contributed by atoms with E-state index in [4.69, 9.17) is 9.47 Å². The molecular formula is C23H37F3N2O5. The van der Waals surface area contributed by atoms with Crippen molar-refractivity contribution in [2.75, 3.05) is 6.54 Å². The molecule has 0 aromatic carbocycles. The van der Waals surface area contributed by atoms with Gasteiger partial charge in [0.2, 0.25) is 5.91 Å². The molecule has 1 saturated heterocycles. The van der Waals surface area contributed by atoms with Crippen LogP contribution in [-0.4, -0.2) is 59.4 Å². The number of amides is 2. The number of nitrogens with one attached hydrogen (secondary N) is 1. The van der Waals surface area contributed by atoms with Crippen LogP contribution in [0.5, 0.6) is 0 Å². The second-order valence-corrected chi connectivity index (χ2v) is 11.3. The lowest BCUT2D eigenvalue weighted by Crippen LogP contribution is -2.64. The molecule has 2 aliphatic rings. The minimum Gasteiger partial charge on any atom is -0.460 e. The van der Waals surface area contributed by atoms with Crippen molar-refractivity contribution in [2.45, 2.75) is 104 Å². The van der Waals surface area contributed by atoms with Gasteiger partial charge in [0, 0.05) is 18.5 Å². The zero-order valence-corrected chi connectivity index (χ0v) is 20.5. The molecule has 2 fully saturated rings. The molecule has 0 aromatic rings. The van der Waals surface area contributed by atoms with E-state index in [0.717, 1.165) is 0 Å². The predicted molar refractivity (Wildman–Crippen MR) is 115 cm³/mol. The van der Waals surface area contributed by atoms with Crippen LogP contribution in [-0.2, 0) is 19.1 Å². The van der Waals surface area contributed by atoms with Crippen LogP contribution in [0.3, 0.4) is 0 Å². The normalized spacial score (nSPS) is 26.9. The Hall–Kier alpha value is -2.00. The molecule has 10 heteroatoms. The number of fused-ring (bicyclic) bond motifs is 2. The monoisotopic (exact) mass is 478 g/mol. The van der Waals surface area contributed by atoms with E-state index in [9.17, 15) is 27.6 Å². The van der Waals surface area contributed by atoms with Gasteiger partial charge in [0.15, 0.2) is 0 Å². The van der Waals surface area contributed by atoms with Gasteiger partial charge in [-0.2, -0.15) is 13.2 Å². The molecule has 2 bridgehead atoms. The third-order valence-electron chi connectivity index (χ3n) is 6.02. The maximum absolute atomic E-state index is 13.0. The molecule has 1 N–H and O–H groups in total. The third kappa shape index (κ3) is 7.78. The summed E-state index contributed by atoms with van der Waals surface area (Å²) in [5.74, 6) is -1.90. The average Bonchev–Trinajstić information content (AvgIpc) is 2.59. The molecule has 1 aliphatic carbocycles. The number of ether oxygens (including phenoxy) is 2. The lowest BCUT2D eigenvalue weighted by atomic mass is 9.69. The van der Waals surface area contributed by atoms with Crippen molar-refractivity contribution in [1.29, 1.82) is 0 Å². The molecule has 1 heterocycles. The second-order valence-electron chi connectivity index (χ2n) is 11.3. The van der Waals surface area contributed by atoms with Crippen LogP contribution in [0.25, 0.3) is 0 Å². The fraction of sp³-hybridized carbons (Fsp3) is 0.870. The second kappa shape index (κ2) is 9.70. The maximum Gasteiger partial charge on any atom is 0.407 e. The van der Waals surface area contributed by atoms with E-state index in [0.29, 0.717) is 19.3 Å². The summed E-state index contributed by atoms with van der Waals surface area (Å²) < 4.78 is 50.1. The van der Waals surface area contributed by atoms with Gasteiger partial charge >= 0.3 is 18.2 Å². The summed E-state index contributed by atoms with van der Waals surface area (Å²) >= 11 is 0. The topological polar surface area (TPSA) is 84.9 Å². The van der Waals surface area contributed by atoms with Gasteiger partial charge in [-0.15, -0.1) is 0 Å². The Kier molecular flexibility index (Phi) is 8.01. The lowest BCUT2D eigenvalue weighted by molar-refractivity contribution is -0.178. The predicted octanol–water partition coefficient (Wildman–Crippen LogP) is 4.44. The lowest BCUT2D eigenvalue weighted by Gasteiger charge is -2.52. The van der Waals surface area contributed by atoms with Crippen LogP contribution >= 0.6 is 0 Å². The molecule has 33 heavy (non-hydrogen) atoms. The van der Waals surface area contributed by atoms with Gasteiger partial charge < -0.3 is 19.7 Å². The van der Waals surface area contributed by atoms with Gasteiger partial charge in [-0.05, 0) is 73.6 Å². The van der Waals surface area contributed by atoms with Crippen LogP contribution < -0.4 is 5.32 Å². The van der Waals surface area contributed by atoms with Crippen molar-refractivity contribution in [1.82, 2.24) is 10.2 Å². The fourth-order valence-corrected chi connectivity index (χ4v) is 4.67. The third-order valence-corrected chi connectivity index (χ3v) is 6.02. The Balaban J connectivity index is 2.32. The molecule has 0 aromatic heterocycles. The van der Waals surface area contributed by atoms with Crippen molar-refractivity contribution in [3.8, 4) is 0 Å². The quantitative estimate of drug-likeness (QED) is 0.604. The van der Waals surface area contributed by atoms with Gasteiger partial charge in [0.1, 0.15) is 18.1 Å². The number of esters is 1. The highest BCUT2D eigenvalue weighted by Crippen LogP contribution is 2.41. The van der Waals surface area contributed by atoms with Crippen LogP contribution in [0.2, 0.25) is 0 Å². The Morgan fingerprint density at radius 3 is 2.18 bits per heavy atom. The first-order chi connectivity index (χ1) is 14.9. The van der Waals surface area contributed by atoms with Crippen LogP contribution in [0, 0.1) is 17.3 Å². The minimum atomic E-state index is -4.65. The van der Waals surface area contributed by atoms with Crippen LogP contribution in [0.1, 0.15) is 74.1 Å². The highest BCUT2D eigenvalue weighted by Gasteiger charge is 2.50. The highest BCUT2D eigenvalue weighted by molar-refractivity contribution is 5.78. The maximum atomic E-state index is 13.0. The Labute approximate surface area is 193 Å². The smallest absolute Gasteiger partial charge is 0.407 e. The number of likely N-dealkylation sites (tertiary alicyclic amines) is 1. The Morgan fingerprint density at radius 1 is 1.06 bits per heavy atom. The average molecular weight is 479 g/mol. The summed E-state index contributed by atoms with van der Waals surface area (Å²) in [5.41, 5.74) is -1.52. The molecule has 7 nitrogen and oxygen atoms in total. The van der Waals surface area contributed by atoms with E-state index >= 15 is 0 Å².